The van der Waals surface area contributed by atoms with Crippen LogP contribution in [0.3, 0.4) is 0 Å². The van der Waals surface area contributed by atoms with Gasteiger partial charge in [-0.05, 0) is 0 Å². The summed E-state index contributed by atoms with van der Waals surface area (Å²) in [5.74, 6) is 0. The second-order valence-corrected chi connectivity index (χ2v) is 5.32. The number of thiol groups is 1. The molecular formula is C22H27Cl2SZr-5. The van der Waals surface area contributed by atoms with Crippen LogP contribution in [0.2, 0.25) is 0 Å². The summed E-state index contributed by atoms with van der Waals surface area (Å²) in [6.45, 7) is 4.25. The Morgan fingerprint density at radius 2 is 0.923 bits per heavy atom. The standard InChI is InChI=1S/2C10H9.2CH3.2ClH.H2S.Zr/c2*1-8-6-9-4-2-3-5-10(9)7-8;;;;;;/h2*2-7H,1H3;2*1H3;2*1H;1H2;/q4*-1;;;;/p-1. The topological polar surface area (TPSA) is 0 Å². The Morgan fingerprint density at radius 1 is 0.615 bits per heavy atom. The maximum absolute atomic E-state index is 2.20. The van der Waals surface area contributed by atoms with Gasteiger partial charge in [0.1, 0.15) is 0 Å². The van der Waals surface area contributed by atoms with E-state index in [4.69, 9.17) is 0 Å². The number of halogens is 2. The van der Waals surface area contributed by atoms with Crippen LogP contribution in [0.1, 0.15) is 11.1 Å². The number of aryl methyl sites for hydroxylation is 2. The third kappa shape index (κ3) is 8.44. The molecule has 0 aromatic heterocycles. The Kier molecular flexibility index (Phi) is 19.8. The third-order valence-electron chi connectivity index (χ3n) is 3.52. The SMILES string of the molecule is Cc1cc2ccccc2[cH-]1.Cc1cc2ccccc2[cH-]1.Cl.Cl.[CH3-].[CH3-].[SH-].[Zr]. The fraction of sp³-hybridized carbons (Fsp3) is 0.0909. The van der Waals surface area contributed by atoms with Gasteiger partial charge in [0.2, 0.25) is 0 Å². The van der Waals surface area contributed by atoms with Crippen molar-refractivity contribution in [3.63, 3.8) is 0 Å². The second kappa shape index (κ2) is 15.5. The van der Waals surface area contributed by atoms with Crippen molar-refractivity contribution in [1.29, 1.82) is 0 Å². The summed E-state index contributed by atoms with van der Waals surface area (Å²) in [4.78, 5) is 0. The van der Waals surface area contributed by atoms with Crippen molar-refractivity contribution in [2.45, 2.75) is 13.8 Å². The minimum absolute atomic E-state index is 0. The van der Waals surface area contributed by atoms with Crippen LogP contribution in [0, 0.1) is 28.7 Å². The van der Waals surface area contributed by atoms with E-state index in [2.05, 4.69) is 86.6 Å². The first-order chi connectivity index (χ1) is 9.72. The molecule has 0 amide bonds. The summed E-state index contributed by atoms with van der Waals surface area (Å²) in [7, 11) is 0. The number of fused-ring (bicyclic) bond motifs is 2. The number of benzene rings is 2. The molecule has 0 unspecified atom stereocenters. The fourth-order valence-electron chi connectivity index (χ4n) is 2.61. The Hall–Kier alpha value is -0.527. The third-order valence-corrected chi connectivity index (χ3v) is 3.52. The molecule has 4 rings (SSSR count). The number of rotatable bonds is 0. The Bertz CT molecular complexity index is 711. The van der Waals surface area contributed by atoms with Crippen LogP contribution in [0.15, 0.2) is 72.8 Å². The molecule has 0 fully saturated rings. The van der Waals surface area contributed by atoms with Crippen molar-refractivity contribution in [3.05, 3.63) is 98.8 Å². The van der Waals surface area contributed by atoms with E-state index >= 15 is 0 Å². The summed E-state index contributed by atoms with van der Waals surface area (Å²) >= 11 is 0. The number of hydrogen-bond acceptors (Lipinski definition) is 1. The van der Waals surface area contributed by atoms with Gasteiger partial charge in [-0.3, -0.25) is 0 Å². The van der Waals surface area contributed by atoms with Gasteiger partial charge in [0.25, 0.3) is 0 Å². The van der Waals surface area contributed by atoms with E-state index in [-0.39, 0.29) is 79.4 Å². The molecule has 0 aliphatic heterocycles. The van der Waals surface area contributed by atoms with Crippen LogP contribution in [-0.2, 0) is 39.7 Å². The van der Waals surface area contributed by atoms with Gasteiger partial charge in [-0.1, -0.05) is 26.0 Å². The van der Waals surface area contributed by atoms with E-state index in [9.17, 15) is 0 Å². The van der Waals surface area contributed by atoms with Gasteiger partial charge < -0.3 is 28.3 Å². The first kappa shape index (κ1) is 33.1. The molecule has 0 radical (unpaired) electrons. The normalized spacial score (nSPS) is 8.08. The summed E-state index contributed by atoms with van der Waals surface area (Å²) in [5.41, 5.74) is 2.70. The molecule has 144 valence electrons. The van der Waals surface area contributed by atoms with Crippen molar-refractivity contribution in [3.8, 4) is 0 Å². The van der Waals surface area contributed by atoms with Crippen LogP contribution in [-0.4, -0.2) is 0 Å². The monoisotopic (exact) mass is 483 g/mol. The molecule has 0 saturated heterocycles. The predicted octanol–water partition coefficient (Wildman–Crippen LogP) is 7.21. The van der Waals surface area contributed by atoms with Crippen LogP contribution >= 0.6 is 24.8 Å². The molecule has 0 nitrogen and oxygen atoms in total. The van der Waals surface area contributed by atoms with Gasteiger partial charge in [-0.25, -0.2) is 0 Å². The van der Waals surface area contributed by atoms with Crippen molar-refractivity contribution in [2.75, 3.05) is 0 Å². The fourth-order valence-corrected chi connectivity index (χ4v) is 2.61. The van der Waals surface area contributed by atoms with Gasteiger partial charge >= 0.3 is 0 Å². The Morgan fingerprint density at radius 3 is 1.23 bits per heavy atom. The molecular weight excluding hydrogens is 458 g/mol. The average molecular weight is 486 g/mol. The molecule has 0 bridgehead atoms. The zero-order valence-corrected chi connectivity index (χ0v) is 20.7. The molecule has 4 aromatic carbocycles. The molecule has 0 N–H and O–H groups in total. The molecule has 4 aromatic rings. The van der Waals surface area contributed by atoms with E-state index in [0.717, 1.165) is 0 Å². The van der Waals surface area contributed by atoms with Crippen molar-refractivity contribution in [1.82, 2.24) is 0 Å². The summed E-state index contributed by atoms with van der Waals surface area (Å²) in [6.07, 6.45) is 0. The molecule has 0 atom stereocenters. The predicted molar refractivity (Wildman–Crippen MR) is 125 cm³/mol. The molecule has 4 heteroatoms. The molecule has 0 aliphatic rings. The van der Waals surface area contributed by atoms with Crippen molar-refractivity contribution >= 4 is 59.9 Å². The minimum Gasteiger partial charge on any atom is -0.813 e. The van der Waals surface area contributed by atoms with E-state index in [1.807, 2.05) is 0 Å². The van der Waals surface area contributed by atoms with Crippen molar-refractivity contribution < 1.29 is 26.2 Å². The molecule has 0 aliphatic carbocycles. The summed E-state index contributed by atoms with van der Waals surface area (Å²) in [6, 6.07) is 25.7. The first-order valence-corrected chi connectivity index (χ1v) is 6.96. The van der Waals surface area contributed by atoms with Crippen molar-refractivity contribution in [2.24, 2.45) is 0 Å². The van der Waals surface area contributed by atoms with E-state index in [0.29, 0.717) is 0 Å². The average Bonchev–Trinajstić information content (AvgIpc) is 2.99. The van der Waals surface area contributed by atoms with E-state index in [1.165, 1.54) is 32.7 Å². The van der Waals surface area contributed by atoms with E-state index < -0.39 is 0 Å². The van der Waals surface area contributed by atoms with Crippen LogP contribution < -0.4 is 0 Å². The van der Waals surface area contributed by atoms with Gasteiger partial charge in [0.05, 0.1) is 0 Å². The first-order valence-electron chi connectivity index (χ1n) is 6.96. The largest absolute Gasteiger partial charge is 0.813 e. The molecule has 0 saturated carbocycles. The zero-order chi connectivity index (χ0) is 13.9. The minimum atomic E-state index is 0. The Labute approximate surface area is 197 Å². The summed E-state index contributed by atoms with van der Waals surface area (Å²) in [5, 5.41) is 5.39. The maximum Gasteiger partial charge on any atom is 0 e. The number of hydrogen-bond donors (Lipinski definition) is 0. The smallest absolute Gasteiger partial charge is 0 e. The zero-order valence-electron chi connectivity index (χ0n) is 15.7. The van der Waals surface area contributed by atoms with Crippen LogP contribution in [0.4, 0.5) is 0 Å². The molecule has 26 heavy (non-hydrogen) atoms. The van der Waals surface area contributed by atoms with Gasteiger partial charge in [0.15, 0.2) is 0 Å². The summed E-state index contributed by atoms with van der Waals surface area (Å²) < 4.78 is 0. The van der Waals surface area contributed by atoms with E-state index in [1.54, 1.807) is 0 Å². The quantitative estimate of drug-likeness (QED) is 0.144. The van der Waals surface area contributed by atoms with Crippen LogP contribution in [0.25, 0.3) is 21.5 Å². The van der Waals surface area contributed by atoms with Crippen LogP contribution in [0.5, 0.6) is 0 Å². The van der Waals surface area contributed by atoms with Gasteiger partial charge in [-0.15, -0.1) is 106 Å². The second-order valence-electron chi connectivity index (χ2n) is 5.32. The van der Waals surface area contributed by atoms with Gasteiger partial charge in [0, 0.05) is 26.2 Å². The van der Waals surface area contributed by atoms with Gasteiger partial charge in [-0.2, -0.15) is 12.1 Å². The molecule has 0 spiro atoms. The maximum atomic E-state index is 2.20. The molecule has 0 heterocycles. The Balaban J connectivity index is -0.000000151.